The summed E-state index contributed by atoms with van der Waals surface area (Å²) >= 11 is 0. The van der Waals surface area contributed by atoms with Gasteiger partial charge in [0.1, 0.15) is 0 Å². The van der Waals surface area contributed by atoms with Gasteiger partial charge in [0.15, 0.2) is 5.96 Å². The van der Waals surface area contributed by atoms with Crippen LogP contribution in [0.15, 0.2) is 23.3 Å². The van der Waals surface area contributed by atoms with Crippen LogP contribution in [-0.4, -0.2) is 47.6 Å². The summed E-state index contributed by atoms with van der Waals surface area (Å²) in [6.45, 7) is 9.87. The van der Waals surface area contributed by atoms with Crippen molar-refractivity contribution in [3.05, 3.63) is 24.0 Å². The van der Waals surface area contributed by atoms with Gasteiger partial charge in [0.05, 0.1) is 6.54 Å². The molecule has 1 fully saturated rings. The van der Waals surface area contributed by atoms with Gasteiger partial charge in [-0.25, -0.2) is 0 Å². The van der Waals surface area contributed by atoms with Crippen LogP contribution in [-0.2, 0) is 13.6 Å². The summed E-state index contributed by atoms with van der Waals surface area (Å²) in [4.78, 5) is 6.87. The number of hydrogen-bond acceptors (Lipinski definition) is 2. The number of aryl methyl sites for hydroxylation is 1. The molecule has 1 saturated heterocycles. The van der Waals surface area contributed by atoms with Crippen LogP contribution >= 0.6 is 0 Å². The van der Waals surface area contributed by atoms with Gasteiger partial charge in [-0.1, -0.05) is 6.92 Å². The van der Waals surface area contributed by atoms with E-state index >= 15 is 0 Å². The molecule has 118 valence electrons. The van der Waals surface area contributed by atoms with Crippen LogP contribution in [0.2, 0.25) is 0 Å². The Balaban J connectivity index is 1.87. The highest BCUT2D eigenvalue weighted by atomic mass is 15.3. The fraction of sp³-hybridized carbons (Fsp3) is 0.688. The molecule has 0 aliphatic carbocycles. The Kier molecular flexibility index (Phi) is 5.28. The standard InChI is InChI=1S/C16H29N5/c1-12(2)21-10-13(3)15(11-21)19-16(17-4)18-9-14-7-6-8-20(14)5/h6-8,12-13,15H,9-11H2,1-5H3,(H2,17,18,19). The Labute approximate surface area is 128 Å². The zero-order valence-electron chi connectivity index (χ0n) is 13.9. The maximum Gasteiger partial charge on any atom is 0.191 e. The lowest BCUT2D eigenvalue weighted by molar-refractivity contribution is 0.265. The van der Waals surface area contributed by atoms with Gasteiger partial charge in [-0.05, 0) is 31.9 Å². The molecule has 21 heavy (non-hydrogen) atoms. The maximum atomic E-state index is 4.35. The maximum absolute atomic E-state index is 4.35. The van der Waals surface area contributed by atoms with Gasteiger partial charge >= 0.3 is 0 Å². The number of nitrogens with one attached hydrogen (secondary N) is 2. The molecular formula is C16H29N5. The highest BCUT2D eigenvalue weighted by Crippen LogP contribution is 2.18. The Morgan fingerprint density at radius 2 is 2.19 bits per heavy atom. The monoisotopic (exact) mass is 291 g/mol. The van der Waals surface area contributed by atoms with Crippen molar-refractivity contribution in [3.8, 4) is 0 Å². The Morgan fingerprint density at radius 1 is 1.43 bits per heavy atom. The summed E-state index contributed by atoms with van der Waals surface area (Å²) in [6, 6.07) is 5.26. The van der Waals surface area contributed by atoms with Crippen LogP contribution in [0.25, 0.3) is 0 Å². The quantitative estimate of drug-likeness (QED) is 0.651. The Morgan fingerprint density at radius 3 is 2.71 bits per heavy atom. The predicted octanol–water partition coefficient (Wildman–Crippen LogP) is 1.42. The predicted molar refractivity (Wildman–Crippen MR) is 88.4 cm³/mol. The number of aliphatic imine (C=N–C) groups is 1. The third-order valence-electron chi connectivity index (χ3n) is 4.40. The van der Waals surface area contributed by atoms with E-state index in [-0.39, 0.29) is 0 Å². The molecule has 5 heteroatoms. The minimum absolute atomic E-state index is 0.465. The minimum atomic E-state index is 0.465. The first-order valence-corrected chi connectivity index (χ1v) is 7.82. The molecule has 0 aromatic carbocycles. The van der Waals surface area contributed by atoms with Crippen molar-refractivity contribution in [2.24, 2.45) is 18.0 Å². The van der Waals surface area contributed by atoms with E-state index in [2.05, 4.69) is 71.2 Å². The molecule has 2 heterocycles. The molecule has 1 aliphatic rings. The molecule has 0 bridgehead atoms. The normalized spacial score (nSPS) is 23.8. The van der Waals surface area contributed by atoms with Crippen LogP contribution in [0.4, 0.5) is 0 Å². The van der Waals surface area contributed by atoms with Crippen molar-refractivity contribution in [2.45, 2.75) is 39.4 Å². The smallest absolute Gasteiger partial charge is 0.191 e. The summed E-state index contributed by atoms with van der Waals surface area (Å²) < 4.78 is 2.12. The summed E-state index contributed by atoms with van der Waals surface area (Å²) in [5, 5.41) is 6.97. The molecule has 1 aliphatic heterocycles. The number of rotatable bonds is 4. The average Bonchev–Trinajstić information content (AvgIpc) is 3.01. The minimum Gasteiger partial charge on any atom is -0.353 e. The molecule has 2 atom stereocenters. The first-order chi connectivity index (χ1) is 10.0. The van der Waals surface area contributed by atoms with Gasteiger partial charge in [0, 0.05) is 51.2 Å². The van der Waals surface area contributed by atoms with Gasteiger partial charge in [-0.2, -0.15) is 0 Å². The number of aromatic nitrogens is 1. The number of likely N-dealkylation sites (tertiary alicyclic amines) is 1. The van der Waals surface area contributed by atoms with Crippen LogP contribution in [0.5, 0.6) is 0 Å². The second-order valence-electron chi connectivity index (χ2n) is 6.31. The van der Waals surface area contributed by atoms with Crippen LogP contribution in [0.1, 0.15) is 26.5 Å². The fourth-order valence-corrected chi connectivity index (χ4v) is 2.84. The van der Waals surface area contributed by atoms with E-state index in [0.29, 0.717) is 18.0 Å². The van der Waals surface area contributed by atoms with E-state index in [1.807, 2.05) is 7.05 Å². The largest absolute Gasteiger partial charge is 0.353 e. The van der Waals surface area contributed by atoms with Gasteiger partial charge < -0.3 is 15.2 Å². The first kappa shape index (κ1) is 15.9. The Hall–Kier alpha value is -1.49. The van der Waals surface area contributed by atoms with E-state index in [9.17, 15) is 0 Å². The molecule has 0 radical (unpaired) electrons. The van der Waals surface area contributed by atoms with Gasteiger partial charge in [0.2, 0.25) is 0 Å². The molecule has 2 rings (SSSR count). The summed E-state index contributed by atoms with van der Waals surface area (Å²) in [7, 11) is 3.90. The van der Waals surface area contributed by atoms with E-state index in [1.54, 1.807) is 0 Å². The molecule has 0 amide bonds. The molecule has 2 unspecified atom stereocenters. The SMILES string of the molecule is CN=C(NCc1cccn1C)NC1CN(C(C)C)CC1C. The summed E-state index contributed by atoms with van der Waals surface area (Å²) in [6.07, 6.45) is 2.06. The van der Waals surface area contributed by atoms with Crippen molar-refractivity contribution in [3.63, 3.8) is 0 Å². The molecule has 2 N–H and O–H groups in total. The van der Waals surface area contributed by atoms with Crippen molar-refractivity contribution >= 4 is 5.96 Å². The van der Waals surface area contributed by atoms with E-state index < -0.39 is 0 Å². The highest BCUT2D eigenvalue weighted by Gasteiger charge is 2.31. The molecule has 5 nitrogen and oxygen atoms in total. The zero-order chi connectivity index (χ0) is 15.4. The zero-order valence-corrected chi connectivity index (χ0v) is 13.9. The van der Waals surface area contributed by atoms with Crippen molar-refractivity contribution in [2.75, 3.05) is 20.1 Å². The van der Waals surface area contributed by atoms with E-state index in [0.717, 1.165) is 25.6 Å². The summed E-state index contributed by atoms with van der Waals surface area (Å²) in [5.41, 5.74) is 1.25. The third-order valence-corrected chi connectivity index (χ3v) is 4.40. The topological polar surface area (TPSA) is 44.6 Å². The Bertz CT molecular complexity index is 477. The van der Waals surface area contributed by atoms with Gasteiger partial charge in [0.25, 0.3) is 0 Å². The van der Waals surface area contributed by atoms with E-state index in [4.69, 9.17) is 0 Å². The van der Waals surface area contributed by atoms with Crippen LogP contribution < -0.4 is 10.6 Å². The third kappa shape index (κ3) is 4.00. The van der Waals surface area contributed by atoms with E-state index in [1.165, 1.54) is 5.69 Å². The second-order valence-corrected chi connectivity index (χ2v) is 6.31. The second kappa shape index (κ2) is 6.98. The first-order valence-electron chi connectivity index (χ1n) is 7.82. The number of nitrogens with zero attached hydrogens (tertiary/aromatic N) is 3. The highest BCUT2D eigenvalue weighted by molar-refractivity contribution is 5.80. The lowest BCUT2D eigenvalue weighted by Gasteiger charge is -2.22. The molecule has 0 saturated carbocycles. The average molecular weight is 291 g/mol. The van der Waals surface area contributed by atoms with Crippen LogP contribution in [0, 0.1) is 5.92 Å². The lowest BCUT2D eigenvalue weighted by atomic mass is 10.1. The lowest BCUT2D eigenvalue weighted by Crippen LogP contribution is -2.46. The van der Waals surface area contributed by atoms with Crippen molar-refractivity contribution in [1.29, 1.82) is 0 Å². The van der Waals surface area contributed by atoms with Gasteiger partial charge in [-0.3, -0.25) is 9.89 Å². The molecular weight excluding hydrogens is 262 g/mol. The number of guanidine groups is 1. The van der Waals surface area contributed by atoms with Crippen molar-refractivity contribution < 1.29 is 0 Å². The fourth-order valence-electron chi connectivity index (χ4n) is 2.84. The molecule has 1 aromatic rings. The molecule has 1 aromatic heterocycles. The van der Waals surface area contributed by atoms with Crippen LogP contribution in [0.3, 0.4) is 0 Å². The van der Waals surface area contributed by atoms with Crippen molar-refractivity contribution in [1.82, 2.24) is 20.1 Å². The summed E-state index contributed by atoms with van der Waals surface area (Å²) in [5.74, 6) is 1.53. The number of hydrogen-bond donors (Lipinski definition) is 2. The molecule has 0 spiro atoms. The van der Waals surface area contributed by atoms with Gasteiger partial charge in [-0.15, -0.1) is 0 Å².